The minimum absolute atomic E-state index is 0.0321. The van der Waals surface area contributed by atoms with E-state index in [-0.39, 0.29) is 10.9 Å². The van der Waals surface area contributed by atoms with E-state index in [9.17, 15) is 8.42 Å². The van der Waals surface area contributed by atoms with Crippen molar-refractivity contribution < 1.29 is 8.42 Å². The Labute approximate surface area is 160 Å². The van der Waals surface area contributed by atoms with Crippen LogP contribution in [0.1, 0.15) is 30.5 Å². The highest BCUT2D eigenvalue weighted by Gasteiger charge is 2.24. The van der Waals surface area contributed by atoms with Gasteiger partial charge in [-0.2, -0.15) is 0 Å². The van der Waals surface area contributed by atoms with Crippen molar-refractivity contribution in [3.05, 3.63) is 66.1 Å². The molecule has 27 heavy (non-hydrogen) atoms. The van der Waals surface area contributed by atoms with Gasteiger partial charge in [0.15, 0.2) is 0 Å². The monoisotopic (exact) mass is 384 g/mol. The molecule has 3 aromatic rings. The first kappa shape index (κ1) is 19.1. The van der Waals surface area contributed by atoms with Crippen molar-refractivity contribution >= 4 is 15.7 Å². The molecule has 3 rings (SSSR count). The molecule has 0 amide bonds. The summed E-state index contributed by atoms with van der Waals surface area (Å²) < 4.78 is 26.5. The maximum absolute atomic E-state index is 12.3. The molecule has 0 radical (unpaired) electrons. The third-order valence-electron chi connectivity index (χ3n) is 4.54. The third kappa shape index (κ3) is 4.04. The summed E-state index contributed by atoms with van der Waals surface area (Å²) in [4.78, 5) is 4.48. The topological polar surface area (TPSA) is 90.0 Å². The molecular formula is C20H24N4O2S. The van der Waals surface area contributed by atoms with Gasteiger partial charge in [0.1, 0.15) is 0 Å². The second kappa shape index (κ2) is 7.54. The van der Waals surface area contributed by atoms with Crippen LogP contribution in [0.5, 0.6) is 0 Å². The number of aryl methyl sites for hydroxylation is 2. The van der Waals surface area contributed by atoms with E-state index in [4.69, 9.17) is 5.14 Å². The number of primary sulfonamides is 1. The van der Waals surface area contributed by atoms with Gasteiger partial charge in [0, 0.05) is 24.5 Å². The second-order valence-corrected chi connectivity index (χ2v) is 8.12. The summed E-state index contributed by atoms with van der Waals surface area (Å²) in [7, 11) is -2.08. The number of benzene rings is 2. The van der Waals surface area contributed by atoms with E-state index in [0.29, 0.717) is 22.5 Å². The Morgan fingerprint density at radius 3 is 2.44 bits per heavy atom. The van der Waals surface area contributed by atoms with Gasteiger partial charge >= 0.3 is 0 Å². The number of aromatic nitrogens is 2. The predicted octanol–water partition coefficient (Wildman–Crippen LogP) is 3.61. The van der Waals surface area contributed by atoms with Crippen molar-refractivity contribution in [1.29, 1.82) is 0 Å². The molecule has 0 saturated carbocycles. The molecule has 0 saturated heterocycles. The molecule has 1 heterocycles. The van der Waals surface area contributed by atoms with Crippen LogP contribution in [0.15, 0.2) is 59.9 Å². The zero-order chi connectivity index (χ0) is 19.6. The van der Waals surface area contributed by atoms with Crippen LogP contribution in [0.3, 0.4) is 0 Å². The fourth-order valence-electron chi connectivity index (χ4n) is 3.26. The largest absolute Gasteiger partial charge is 0.378 e. The molecule has 1 aromatic heterocycles. The average molecular weight is 385 g/mol. The Balaban J connectivity index is 2.18. The van der Waals surface area contributed by atoms with Crippen LogP contribution in [0.2, 0.25) is 0 Å². The number of hydrogen-bond acceptors (Lipinski definition) is 4. The summed E-state index contributed by atoms with van der Waals surface area (Å²) in [6.45, 7) is 3.82. The molecule has 2 aromatic carbocycles. The van der Waals surface area contributed by atoms with Crippen LogP contribution in [-0.2, 0) is 17.1 Å². The van der Waals surface area contributed by atoms with Crippen molar-refractivity contribution in [3.63, 3.8) is 0 Å². The van der Waals surface area contributed by atoms with E-state index in [1.807, 2.05) is 31.3 Å². The zero-order valence-electron chi connectivity index (χ0n) is 15.7. The lowest BCUT2D eigenvalue weighted by atomic mass is 10.0. The van der Waals surface area contributed by atoms with Crippen LogP contribution in [-0.4, -0.2) is 18.0 Å². The molecule has 3 N–H and O–H groups in total. The van der Waals surface area contributed by atoms with Gasteiger partial charge in [0.2, 0.25) is 10.0 Å². The van der Waals surface area contributed by atoms with E-state index in [1.54, 1.807) is 30.1 Å². The molecule has 0 unspecified atom stereocenters. The van der Waals surface area contributed by atoms with Gasteiger partial charge in [-0.3, -0.25) is 0 Å². The van der Waals surface area contributed by atoms with Gasteiger partial charge in [0.25, 0.3) is 0 Å². The highest BCUT2D eigenvalue weighted by molar-refractivity contribution is 7.89. The first-order chi connectivity index (χ1) is 12.8. The van der Waals surface area contributed by atoms with E-state index in [2.05, 4.69) is 29.4 Å². The SMILES string of the molecule is CC[C@H](Nc1ccc(C)c(S(N)(=O)=O)c1-c1cn(C)cn1)c1ccccc1. The lowest BCUT2D eigenvalue weighted by molar-refractivity contribution is 0.597. The van der Waals surface area contributed by atoms with E-state index in [1.165, 1.54) is 0 Å². The summed E-state index contributed by atoms with van der Waals surface area (Å²) in [5, 5.41) is 9.05. The van der Waals surface area contributed by atoms with Crippen molar-refractivity contribution in [2.75, 3.05) is 5.32 Å². The van der Waals surface area contributed by atoms with Crippen LogP contribution in [0.4, 0.5) is 5.69 Å². The minimum Gasteiger partial charge on any atom is -0.378 e. The first-order valence-electron chi connectivity index (χ1n) is 8.77. The van der Waals surface area contributed by atoms with Crippen LogP contribution >= 0.6 is 0 Å². The number of hydrogen-bond donors (Lipinski definition) is 2. The van der Waals surface area contributed by atoms with E-state index in [0.717, 1.165) is 12.0 Å². The number of sulfonamides is 1. The molecule has 0 aliphatic rings. The average Bonchev–Trinajstić information content (AvgIpc) is 3.06. The molecule has 1 atom stereocenters. The fourth-order valence-corrected chi connectivity index (χ4v) is 4.28. The molecule has 7 heteroatoms. The molecular weight excluding hydrogens is 360 g/mol. The second-order valence-electron chi connectivity index (χ2n) is 6.62. The van der Waals surface area contributed by atoms with Gasteiger partial charge in [0.05, 0.1) is 23.0 Å². The van der Waals surface area contributed by atoms with Crippen LogP contribution in [0, 0.1) is 6.92 Å². The summed E-state index contributed by atoms with van der Waals surface area (Å²) in [6, 6.07) is 13.7. The first-order valence-corrected chi connectivity index (χ1v) is 10.3. The van der Waals surface area contributed by atoms with Crippen LogP contribution in [0.25, 0.3) is 11.3 Å². The number of imidazole rings is 1. The number of nitrogens with one attached hydrogen (secondary N) is 1. The zero-order valence-corrected chi connectivity index (χ0v) is 16.5. The lowest BCUT2D eigenvalue weighted by Gasteiger charge is -2.22. The Bertz CT molecular complexity index is 1040. The van der Waals surface area contributed by atoms with E-state index < -0.39 is 10.0 Å². The quantitative estimate of drug-likeness (QED) is 0.679. The third-order valence-corrected chi connectivity index (χ3v) is 5.64. The molecule has 0 spiro atoms. The standard InChI is InChI=1S/C20H24N4O2S/c1-4-16(15-8-6-5-7-9-15)23-17-11-10-14(2)20(27(21,25)26)19(17)18-12-24(3)13-22-18/h5-13,16,23H,4H2,1-3H3,(H2,21,25,26)/t16-/m0/s1. The van der Waals surface area contributed by atoms with Crippen LogP contribution < -0.4 is 10.5 Å². The summed E-state index contributed by atoms with van der Waals surface area (Å²) in [5.41, 5.74) is 3.49. The molecule has 0 bridgehead atoms. The van der Waals surface area contributed by atoms with Crippen molar-refractivity contribution in [2.24, 2.45) is 12.2 Å². The smallest absolute Gasteiger partial charge is 0.239 e. The summed E-state index contributed by atoms with van der Waals surface area (Å²) >= 11 is 0. The normalized spacial score (nSPS) is 12.7. The maximum atomic E-state index is 12.3. The molecule has 0 aliphatic heterocycles. The fraction of sp³-hybridized carbons (Fsp3) is 0.250. The maximum Gasteiger partial charge on any atom is 0.239 e. The summed E-state index contributed by atoms with van der Waals surface area (Å²) in [6.07, 6.45) is 4.27. The highest BCUT2D eigenvalue weighted by Crippen LogP contribution is 2.37. The van der Waals surface area contributed by atoms with Crippen molar-refractivity contribution in [1.82, 2.24) is 9.55 Å². The number of nitrogens with two attached hydrogens (primary N) is 1. The number of rotatable bonds is 6. The Hall–Kier alpha value is -2.64. The minimum atomic E-state index is -3.92. The molecule has 142 valence electrons. The molecule has 0 fully saturated rings. The van der Waals surface area contributed by atoms with Gasteiger partial charge < -0.3 is 9.88 Å². The number of nitrogens with zero attached hydrogens (tertiary/aromatic N) is 2. The lowest BCUT2D eigenvalue weighted by Crippen LogP contribution is -2.17. The molecule has 0 aliphatic carbocycles. The van der Waals surface area contributed by atoms with Crippen molar-refractivity contribution in [3.8, 4) is 11.3 Å². The van der Waals surface area contributed by atoms with Gasteiger partial charge in [-0.15, -0.1) is 0 Å². The predicted molar refractivity (Wildman–Crippen MR) is 108 cm³/mol. The Morgan fingerprint density at radius 1 is 1.19 bits per heavy atom. The number of anilines is 1. The van der Waals surface area contributed by atoms with E-state index >= 15 is 0 Å². The van der Waals surface area contributed by atoms with Crippen molar-refractivity contribution in [2.45, 2.75) is 31.2 Å². The Kier molecular flexibility index (Phi) is 5.34. The van der Waals surface area contributed by atoms with Gasteiger partial charge in [-0.25, -0.2) is 18.5 Å². The highest BCUT2D eigenvalue weighted by atomic mass is 32.2. The Morgan fingerprint density at radius 2 is 1.89 bits per heavy atom. The summed E-state index contributed by atoms with van der Waals surface area (Å²) in [5.74, 6) is 0. The molecule has 6 nitrogen and oxygen atoms in total. The van der Waals surface area contributed by atoms with Gasteiger partial charge in [-0.1, -0.05) is 43.3 Å². The van der Waals surface area contributed by atoms with Gasteiger partial charge in [-0.05, 0) is 30.5 Å².